The third-order valence-corrected chi connectivity index (χ3v) is 4.62. The molecule has 3 aromatic carbocycles. The summed E-state index contributed by atoms with van der Waals surface area (Å²) in [6, 6.07) is 22.0. The fourth-order valence-corrected chi connectivity index (χ4v) is 2.98. The fraction of sp³-hybridized carbons (Fsp3) is 0.0769. The number of esters is 2. The van der Waals surface area contributed by atoms with E-state index in [-0.39, 0.29) is 11.9 Å². The SMILES string of the molecule is C#Cc1ccc(/C(=C/c2ccc(C(=O)OC)cc2)c2ccc(C(=O)OC)cc2)cc1. The van der Waals surface area contributed by atoms with Gasteiger partial charge in [-0.05, 0) is 64.7 Å². The normalized spacial score (nSPS) is 10.8. The van der Waals surface area contributed by atoms with Crippen molar-refractivity contribution in [1.82, 2.24) is 0 Å². The van der Waals surface area contributed by atoms with Gasteiger partial charge in [-0.25, -0.2) is 9.59 Å². The third-order valence-electron chi connectivity index (χ3n) is 4.62. The minimum Gasteiger partial charge on any atom is -0.465 e. The molecule has 0 aromatic heterocycles. The van der Waals surface area contributed by atoms with E-state index in [0.717, 1.165) is 27.8 Å². The number of methoxy groups -OCH3 is 2. The Morgan fingerprint density at radius 3 is 1.53 bits per heavy atom. The zero-order valence-corrected chi connectivity index (χ0v) is 16.7. The molecule has 0 amide bonds. The molecular weight excluding hydrogens is 376 g/mol. The molecule has 0 bridgehead atoms. The average molecular weight is 396 g/mol. The van der Waals surface area contributed by atoms with Crippen molar-refractivity contribution in [1.29, 1.82) is 0 Å². The summed E-state index contributed by atoms with van der Waals surface area (Å²) in [4.78, 5) is 23.4. The van der Waals surface area contributed by atoms with Crippen molar-refractivity contribution in [2.45, 2.75) is 0 Å². The van der Waals surface area contributed by atoms with Crippen LogP contribution < -0.4 is 0 Å². The first-order chi connectivity index (χ1) is 14.5. The van der Waals surface area contributed by atoms with Crippen LogP contribution in [-0.4, -0.2) is 26.2 Å². The molecule has 0 radical (unpaired) electrons. The van der Waals surface area contributed by atoms with Gasteiger partial charge in [-0.15, -0.1) is 6.42 Å². The van der Waals surface area contributed by atoms with E-state index in [1.54, 1.807) is 24.3 Å². The van der Waals surface area contributed by atoms with Crippen molar-refractivity contribution in [2.75, 3.05) is 14.2 Å². The van der Waals surface area contributed by atoms with Crippen molar-refractivity contribution < 1.29 is 19.1 Å². The van der Waals surface area contributed by atoms with E-state index in [1.807, 2.05) is 54.6 Å². The number of ether oxygens (including phenoxy) is 2. The average Bonchev–Trinajstić information content (AvgIpc) is 2.82. The highest BCUT2D eigenvalue weighted by Crippen LogP contribution is 2.27. The molecule has 30 heavy (non-hydrogen) atoms. The van der Waals surface area contributed by atoms with Crippen molar-refractivity contribution in [3.05, 3.63) is 106 Å². The highest BCUT2D eigenvalue weighted by Gasteiger charge is 2.10. The second-order valence-electron chi connectivity index (χ2n) is 6.46. The zero-order chi connectivity index (χ0) is 21.5. The van der Waals surface area contributed by atoms with Crippen LogP contribution in [0.15, 0.2) is 72.8 Å². The first-order valence-electron chi connectivity index (χ1n) is 9.21. The molecule has 4 heteroatoms. The summed E-state index contributed by atoms with van der Waals surface area (Å²) in [5, 5.41) is 0. The maximum absolute atomic E-state index is 11.7. The fourth-order valence-electron chi connectivity index (χ4n) is 2.98. The lowest BCUT2D eigenvalue weighted by atomic mass is 9.94. The summed E-state index contributed by atoms with van der Waals surface area (Å²) in [5.74, 6) is 1.85. The summed E-state index contributed by atoms with van der Waals surface area (Å²) < 4.78 is 9.52. The minimum absolute atomic E-state index is 0.381. The summed E-state index contributed by atoms with van der Waals surface area (Å²) >= 11 is 0. The van der Waals surface area contributed by atoms with Crippen LogP contribution in [-0.2, 0) is 9.47 Å². The zero-order valence-electron chi connectivity index (χ0n) is 16.7. The lowest BCUT2D eigenvalue weighted by Gasteiger charge is -2.11. The van der Waals surface area contributed by atoms with Gasteiger partial charge in [0.15, 0.2) is 0 Å². The summed E-state index contributed by atoms with van der Waals surface area (Å²) in [7, 11) is 2.71. The number of hydrogen-bond donors (Lipinski definition) is 0. The maximum atomic E-state index is 11.7. The minimum atomic E-state index is -0.385. The van der Waals surface area contributed by atoms with Gasteiger partial charge >= 0.3 is 11.9 Å². The van der Waals surface area contributed by atoms with Gasteiger partial charge in [0.25, 0.3) is 0 Å². The van der Waals surface area contributed by atoms with Crippen molar-refractivity contribution in [2.24, 2.45) is 0 Å². The van der Waals surface area contributed by atoms with E-state index in [9.17, 15) is 9.59 Å². The van der Waals surface area contributed by atoms with Gasteiger partial charge in [0.1, 0.15) is 0 Å². The largest absolute Gasteiger partial charge is 0.465 e. The van der Waals surface area contributed by atoms with Crippen molar-refractivity contribution in [3.8, 4) is 12.3 Å². The molecular formula is C26H20O4. The molecule has 0 heterocycles. The van der Waals surface area contributed by atoms with E-state index in [1.165, 1.54) is 14.2 Å². The van der Waals surface area contributed by atoms with Crippen LogP contribution in [0.5, 0.6) is 0 Å². The van der Waals surface area contributed by atoms with Crippen LogP contribution in [0.25, 0.3) is 11.6 Å². The number of carbonyl (C=O) groups is 2. The van der Waals surface area contributed by atoms with Crippen LogP contribution in [0.1, 0.15) is 43.0 Å². The highest BCUT2D eigenvalue weighted by molar-refractivity contribution is 5.94. The van der Waals surface area contributed by atoms with E-state index in [4.69, 9.17) is 15.9 Å². The molecule has 3 aromatic rings. The Hall–Kier alpha value is -4.10. The Bertz CT molecular complexity index is 1110. The number of rotatable bonds is 5. The Balaban J connectivity index is 2.05. The lowest BCUT2D eigenvalue weighted by molar-refractivity contribution is 0.0592. The van der Waals surface area contributed by atoms with Crippen molar-refractivity contribution >= 4 is 23.6 Å². The Morgan fingerprint density at radius 1 is 0.700 bits per heavy atom. The van der Waals surface area contributed by atoms with Gasteiger partial charge in [-0.1, -0.05) is 42.3 Å². The molecule has 0 aliphatic rings. The van der Waals surface area contributed by atoms with Gasteiger partial charge in [0.05, 0.1) is 25.3 Å². The van der Waals surface area contributed by atoms with E-state index < -0.39 is 0 Å². The molecule has 0 N–H and O–H groups in total. The van der Waals surface area contributed by atoms with Gasteiger partial charge in [-0.3, -0.25) is 0 Å². The van der Waals surface area contributed by atoms with Gasteiger partial charge in [-0.2, -0.15) is 0 Å². The van der Waals surface area contributed by atoms with Crippen LogP contribution in [0, 0.1) is 12.3 Å². The molecule has 0 aliphatic heterocycles. The smallest absolute Gasteiger partial charge is 0.337 e. The van der Waals surface area contributed by atoms with Crippen molar-refractivity contribution in [3.63, 3.8) is 0 Å². The topological polar surface area (TPSA) is 52.6 Å². The number of hydrogen-bond acceptors (Lipinski definition) is 4. The van der Waals surface area contributed by atoms with Crippen LogP contribution in [0.2, 0.25) is 0 Å². The number of benzene rings is 3. The first kappa shape index (κ1) is 20.6. The standard InChI is InChI=1S/C26H20O4/c1-4-18-5-9-20(10-6-18)24(21-13-15-23(16-14-21)26(28)30-3)17-19-7-11-22(12-8-19)25(27)29-2/h1,5-17H,2-3H3/b24-17-. The predicted octanol–water partition coefficient (Wildman–Crippen LogP) is 4.83. The monoisotopic (exact) mass is 396 g/mol. The molecule has 0 fully saturated rings. The number of carbonyl (C=O) groups excluding carboxylic acids is 2. The second kappa shape index (κ2) is 9.40. The van der Waals surface area contributed by atoms with Gasteiger partial charge < -0.3 is 9.47 Å². The molecule has 148 valence electrons. The van der Waals surface area contributed by atoms with Crippen LogP contribution in [0.3, 0.4) is 0 Å². The first-order valence-corrected chi connectivity index (χ1v) is 9.21. The molecule has 3 rings (SSSR count). The quantitative estimate of drug-likeness (QED) is 0.352. The van der Waals surface area contributed by atoms with E-state index >= 15 is 0 Å². The molecule has 0 spiro atoms. The lowest BCUT2D eigenvalue weighted by Crippen LogP contribution is -2.01. The Labute approximate surface area is 175 Å². The molecule has 0 saturated heterocycles. The van der Waals surface area contributed by atoms with Crippen LogP contribution >= 0.6 is 0 Å². The third kappa shape index (κ3) is 4.65. The number of terminal acetylenes is 1. The van der Waals surface area contributed by atoms with E-state index in [0.29, 0.717) is 11.1 Å². The van der Waals surface area contributed by atoms with Gasteiger partial charge in [0, 0.05) is 5.56 Å². The maximum Gasteiger partial charge on any atom is 0.337 e. The molecule has 4 nitrogen and oxygen atoms in total. The summed E-state index contributed by atoms with van der Waals surface area (Å²) in [5.41, 5.74) is 5.51. The molecule has 0 aliphatic carbocycles. The molecule has 0 unspecified atom stereocenters. The Morgan fingerprint density at radius 2 is 1.10 bits per heavy atom. The van der Waals surface area contributed by atoms with E-state index in [2.05, 4.69) is 5.92 Å². The summed E-state index contributed by atoms with van der Waals surface area (Å²) in [6.07, 6.45) is 7.49. The van der Waals surface area contributed by atoms with Gasteiger partial charge in [0.2, 0.25) is 0 Å². The molecule has 0 saturated carbocycles. The molecule has 0 atom stereocenters. The Kier molecular flexibility index (Phi) is 6.46. The highest BCUT2D eigenvalue weighted by atomic mass is 16.5. The van der Waals surface area contributed by atoms with Crippen LogP contribution in [0.4, 0.5) is 0 Å². The summed E-state index contributed by atoms with van der Waals surface area (Å²) in [6.45, 7) is 0. The predicted molar refractivity (Wildman–Crippen MR) is 117 cm³/mol. The second-order valence-corrected chi connectivity index (χ2v) is 6.46.